The van der Waals surface area contributed by atoms with Crippen molar-refractivity contribution in [2.75, 3.05) is 53.0 Å². The van der Waals surface area contributed by atoms with Gasteiger partial charge in [-0.15, -0.1) is 0 Å². The SMILES string of the molecule is CCOC[C@@H](O)CN1CCN(C(=O)C2(C(=O)NC)CCC2)CC1. The Labute approximate surface area is 138 Å². The fourth-order valence-electron chi connectivity index (χ4n) is 3.35. The van der Waals surface area contributed by atoms with Crippen LogP contribution in [0.2, 0.25) is 0 Å². The summed E-state index contributed by atoms with van der Waals surface area (Å²) < 4.78 is 5.22. The Bertz CT molecular complexity index is 418. The van der Waals surface area contributed by atoms with Gasteiger partial charge in [-0.2, -0.15) is 0 Å². The van der Waals surface area contributed by atoms with Crippen molar-refractivity contribution in [1.29, 1.82) is 0 Å². The van der Waals surface area contributed by atoms with Crippen LogP contribution in [0.25, 0.3) is 0 Å². The number of nitrogens with one attached hydrogen (secondary N) is 1. The summed E-state index contributed by atoms with van der Waals surface area (Å²) in [6.45, 7) is 6.06. The van der Waals surface area contributed by atoms with Gasteiger partial charge >= 0.3 is 0 Å². The van der Waals surface area contributed by atoms with Gasteiger partial charge in [0.05, 0.1) is 12.7 Å². The average Bonchev–Trinajstić information content (AvgIpc) is 2.52. The van der Waals surface area contributed by atoms with E-state index in [0.717, 1.165) is 19.5 Å². The molecule has 1 aliphatic carbocycles. The number of aliphatic hydroxyl groups excluding tert-OH is 1. The maximum atomic E-state index is 12.8. The molecule has 1 saturated heterocycles. The summed E-state index contributed by atoms with van der Waals surface area (Å²) in [6, 6.07) is 0. The van der Waals surface area contributed by atoms with Gasteiger partial charge in [-0.25, -0.2) is 0 Å². The van der Waals surface area contributed by atoms with E-state index in [9.17, 15) is 14.7 Å². The average molecular weight is 327 g/mol. The van der Waals surface area contributed by atoms with Gasteiger partial charge in [0, 0.05) is 46.4 Å². The Balaban J connectivity index is 1.82. The number of β-amino-alcohol motifs (C(OH)–C–C–N with tert-alkyl or cyclic N) is 1. The Morgan fingerprint density at radius 2 is 1.91 bits per heavy atom. The second-order valence-electron chi connectivity index (χ2n) is 6.42. The van der Waals surface area contributed by atoms with E-state index in [1.807, 2.05) is 6.92 Å². The number of hydrogen-bond donors (Lipinski definition) is 2. The maximum Gasteiger partial charge on any atom is 0.238 e. The third-order valence-corrected chi connectivity index (χ3v) is 4.92. The molecule has 0 radical (unpaired) electrons. The predicted molar refractivity (Wildman–Crippen MR) is 85.9 cm³/mol. The van der Waals surface area contributed by atoms with Crippen LogP contribution in [0.3, 0.4) is 0 Å². The molecule has 23 heavy (non-hydrogen) atoms. The van der Waals surface area contributed by atoms with Crippen LogP contribution in [0.1, 0.15) is 26.2 Å². The van der Waals surface area contributed by atoms with Crippen LogP contribution in [-0.2, 0) is 14.3 Å². The fourth-order valence-corrected chi connectivity index (χ4v) is 3.35. The summed E-state index contributed by atoms with van der Waals surface area (Å²) in [6.07, 6.45) is 1.74. The van der Waals surface area contributed by atoms with Gasteiger partial charge in [0.2, 0.25) is 11.8 Å². The van der Waals surface area contributed by atoms with E-state index in [1.54, 1.807) is 11.9 Å². The minimum Gasteiger partial charge on any atom is -0.389 e. The van der Waals surface area contributed by atoms with Crippen molar-refractivity contribution in [3.05, 3.63) is 0 Å². The van der Waals surface area contributed by atoms with Crippen molar-refractivity contribution in [2.24, 2.45) is 5.41 Å². The highest BCUT2D eigenvalue weighted by Crippen LogP contribution is 2.42. The number of nitrogens with zero attached hydrogens (tertiary/aromatic N) is 2. The summed E-state index contributed by atoms with van der Waals surface area (Å²) in [5, 5.41) is 12.5. The highest BCUT2D eigenvalue weighted by Gasteiger charge is 2.52. The molecule has 1 saturated carbocycles. The van der Waals surface area contributed by atoms with E-state index >= 15 is 0 Å². The molecule has 0 aromatic rings. The third kappa shape index (κ3) is 4.02. The predicted octanol–water partition coefficient (Wildman–Crippen LogP) is -0.556. The first-order valence-electron chi connectivity index (χ1n) is 8.53. The molecule has 7 heteroatoms. The smallest absolute Gasteiger partial charge is 0.238 e. The third-order valence-electron chi connectivity index (χ3n) is 4.92. The number of carbonyl (C=O) groups excluding carboxylic acids is 2. The number of carbonyl (C=O) groups is 2. The zero-order chi connectivity index (χ0) is 16.9. The lowest BCUT2D eigenvalue weighted by atomic mass is 9.67. The van der Waals surface area contributed by atoms with Gasteiger partial charge in [0.1, 0.15) is 5.41 Å². The number of amides is 2. The van der Waals surface area contributed by atoms with Crippen LogP contribution in [0.4, 0.5) is 0 Å². The second kappa shape index (κ2) is 8.08. The molecule has 2 rings (SSSR count). The standard InChI is InChI=1S/C16H29N3O4/c1-3-23-12-13(20)11-18-7-9-19(10-8-18)15(22)16(5-4-6-16)14(21)17-2/h13,20H,3-12H2,1-2H3,(H,17,21)/t13-/m0/s1. The first kappa shape index (κ1) is 18.2. The van der Waals surface area contributed by atoms with E-state index in [2.05, 4.69) is 10.2 Å². The van der Waals surface area contributed by atoms with Gasteiger partial charge in [0.25, 0.3) is 0 Å². The van der Waals surface area contributed by atoms with Crippen LogP contribution < -0.4 is 5.32 Å². The Kier molecular flexibility index (Phi) is 6.38. The van der Waals surface area contributed by atoms with Crippen molar-refractivity contribution >= 4 is 11.8 Å². The normalized spacial score (nSPS) is 22.3. The molecule has 2 N–H and O–H groups in total. The van der Waals surface area contributed by atoms with Crippen LogP contribution in [0.5, 0.6) is 0 Å². The fraction of sp³-hybridized carbons (Fsp3) is 0.875. The minimum absolute atomic E-state index is 0.0300. The molecular formula is C16H29N3O4. The van der Waals surface area contributed by atoms with Gasteiger partial charge in [-0.3, -0.25) is 14.5 Å². The summed E-state index contributed by atoms with van der Waals surface area (Å²) in [4.78, 5) is 28.8. The van der Waals surface area contributed by atoms with Crippen LogP contribution in [-0.4, -0.2) is 85.8 Å². The number of hydrogen-bond acceptors (Lipinski definition) is 5. The van der Waals surface area contributed by atoms with Gasteiger partial charge in [-0.05, 0) is 19.8 Å². The van der Waals surface area contributed by atoms with Crippen LogP contribution in [0, 0.1) is 5.41 Å². The number of rotatable bonds is 7. The zero-order valence-corrected chi connectivity index (χ0v) is 14.2. The van der Waals surface area contributed by atoms with E-state index in [-0.39, 0.29) is 11.8 Å². The first-order valence-corrected chi connectivity index (χ1v) is 8.53. The van der Waals surface area contributed by atoms with E-state index in [4.69, 9.17) is 4.74 Å². The first-order chi connectivity index (χ1) is 11.0. The molecule has 0 bridgehead atoms. The monoisotopic (exact) mass is 327 g/mol. The summed E-state index contributed by atoms with van der Waals surface area (Å²) >= 11 is 0. The molecule has 1 heterocycles. The van der Waals surface area contributed by atoms with Crippen LogP contribution >= 0.6 is 0 Å². The maximum absolute atomic E-state index is 12.8. The van der Waals surface area contributed by atoms with E-state index in [0.29, 0.717) is 45.7 Å². The van der Waals surface area contributed by atoms with Crippen molar-refractivity contribution in [3.8, 4) is 0 Å². The van der Waals surface area contributed by atoms with Crippen molar-refractivity contribution in [1.82, 2.24) is 15.1 Å². The molecule has 2 amide bonds. The number of ether oxygens (including phenoxy) is 1. The molecule has 7 nitrogen and oxygen atoms in total. The molecule has 2 aliphatic rings. The zero-order valence-electron chi connectivity index (χ0n) is 14.2. The van der Waals surface area contributed by atoms with E-state index < -0.39 is 11.5 Å². The molecule has 0 aromatic heterocycles. The largest absolute Gasteiger partial charge is 0.389 e. The molecular weight excluding hydrogens is 298 g/mol. The summed E-state index contributed by atoms with van der Waals surface area (Å²) in [7, 11) is 1.59. The molecule has 1 atom stereocenters. The lowest BCUT2D eigenvalue weighted by Gasteiger charge is -2.44. The summed E-state index contributed by atoms with van der Waals surface area (Å²) in [5.74, 6) is -0.180. The second-order valence-corrected chi connectivity index (χ2v) is 6.42. The van der Waals surface area contributed by atoms with Gasteiger partial charge < -0.3 is 20.1 Å². The topological polar surface area (TPSA) is 82.1 Å². The Morgan fingerprint density at radius 3 is 2.39 bits per heavy atom. The Hall–Kier alpha value is -1.18. The lowest BCUT2D eigenvalue weighted by molar-refractivity contribution is -0.158. The summed E-state index contributed by atoms with van der Waals surface area (Å²) in [5.41, 5.74) is -0.828. The molecule has 0 spiro atoms. The van der Waals surface area contributed by atoms with Crippen LogP contribution in [0.15, 0.2) is 0 Å². The molecule has 1 aliphatic heterocycles. The van der Waals surface area contributed by atoms with Gasteiger partial charge in [-0.1, -0.05) is 6.42 Å². The number of piperazine rings is 1. The molecule has 0 unspecified atom stereocenters. The van der Waals surface area contributed by atoms with Crippen molar-refractivity contribution in [2.45, 2.75) is 32.3 Å². The molecule has 2 fully saturated rings. The van der Waals surface area contributed by atoms with Crippen molar-refractivity contribution in [3.63, 3.8) is 0 Å². The molecule has 132 valence electrons. The molecule has 0 aromatic carbocycles. The lowest BCUT2D eigenvalue weighted by Crippen LogP contribution is -2.59. The highest BCUT2D eigenvalue weighted by atomic mass is 16.5. The van der Waals surface area contributed by atoms with Gasteiger partial charge in [0.15, 0.2) is 0 Å². The quantitative estimate of drug-likeness (QED) is 0.613. The van der Waals surface area contributed by atoms with Crippen molar-refractivity contribution < 1.29 is 19.4 Å². The van der Waals surface area contributed by atoms with E-state index in [1.165, 1.54) is 0 Å². The Morgan fingerprint density at radius 1 is 1.26 bits per heavy atom. The minimum atomic E-state index is -0.828. The number of aliphatic hydroxyl groups is 1. The highest BCUT2D eigenvalue weighted by molar-refractivity contribution is 6.05.